The quantitative estimate of drug-likeness (QED) is 0.495. The van der Waals surface area contributed by atoms with Crippen LogP contribution in [0.15, 0.2) is 94.7 Å². The number of hydrogen-bond acceptors (Lipinski definition) is 5. The molecule has 35 heavy (non-hydrogen) atoms. The number of sulfonamides is 2. The molecule has 0 spiro atoms. The predicted octanol–water partition coefficient (Wildman–Crippen LogP) is 3.70. The molecule has 8 nitrogen and oxygen atoms in total. The molecule has 1 aliphatic heterocycles. The average Bonchev–Trinajstić information content (AvgIpc) is 2.89. The number of carbonyl (C=O) groups is 1. The van der Waals surface area contributed by atoms with Crippen LogP contribution >= 0.6 is 0 Å². The fraction of sp³-hybridized carbons (Fsp3) is 0.240. The number of rotatable bonds is 8. The van der Waals surface area contributed by atoms with Crippen LogP contribution in [0.4, 0.5) is 11.4 Å². The third kappa shape index (κ3) is 5.72. The molecule has 1 fully saturated rings. The van der Waals surface area contributed by atoms with Gasteiger partial charge < -0.3 is 5.32 Å². The maximum absolute atomic E-state index is 13.3. The van der Waals surface area contributed by atoms with Gasteiger partial charge >= 0.3 is 0 Å². The van der Waals surface area contributed by atoms with Gasteiger partial charge in [-0.1, -0.05) is 42.8 Å². The van der Waals surface area contributed by atoms with Crippen LogP contribution in [0, 0.1) is 0 Å². The largest absolute Gasteiger partial charge is 0.325 e. The van der Waals surface area contributed by atoms with Crippen molar-refractivity contribution in [2.45, 2.75) is 29.1 Å². The van der Waals surface area contributed by atoms with Crippen LogP contribution in [0.2, 0.25) is 0 Å². The van der Waals surface area contributed by atoms with E-state index >= 15 is 0 Å². The summed E-state index contributed by atoms with van der Waals surface area (Å²) in [6.45, 7) is 0.563. The van der Waals surface area contributed by atoms with Crippen LogP contribution in [0.25, 0.3) is 0 Å². The van der Waals surface area contributed by atoms with E-state index in [0.29, 0.717) is 24.5 Å². The molecule has 1 heterocycles. The Kier molecular flexibility index (Phi) is 7.54. The zero-order valence-corrected chi connectivity index (χ0v) is 20.7. The molecule has 1 aliphatic rings. The first-order valence-corrected chi connectivity index (χ1v) is 14.2. The maximum Gasteiger partial charge on any atom is 0.264 e. The second-order valence-corrected chi connectivity index (χ2v) is 12.0. The van der Waals surface area contributed by atoms with Gasteiger partial charge in [-0.2, -0.15) is 4.31 Å². The molecule has 0 aliphatic carbocycles. The van der Waals surface area contributed by atoms with Gasteiger partial charge in [0.05, 0.1) is 15.5 Å². The average molecular weight is 514 g/mol. The molecule has 3 aromatic carbocycles. The predicted molar refractivity (Wildman–Crippen MR) is 135 cm³/mol. The number of nitrogens with one attached hydrogen (secondary N) is 1. The fourth-order valence-corrected chi connectivity index (χ4v) is 6.88. The molecule has 10 heteroatoms. The Morgan fingerprint density at radius 2 is 1.31 bits per heavy atom. The topological polar surface area (TPSA) is 104 Å². The van der Waals surface area contributed by atoms with Gasteiger partial charge in [0, 0.05) is 18.8 Å². The zero-order valence-electron chi connectivity index (χ0n) is 19.1. The summed E-state index contributed by atoms with van der Waals surface area (Å²) in [7, 11) is -7.57. The van der Waals surface area contributed by atoms with Crippen LogP contribution < -0.4 is 9.62 Å². The van der Waals surface area contributed by atoms with Crippen molar-refractivity contribution in [3.8, 4) is 0 Å². The molecule has 0 radical (unpaired) electrons. The number of hydrogen-bond donors (Lipinski definition) is 1. The van der Waals surface area contributed by atoms with Crippen LogP contribution in [0.5, 0.6) is 0 Å². The lowest BCUT2D eigenvalue weighted by Gasteiger charge is -2.26. The second kappa shape index (κ2) is 10.6. The third-order valence-electron chi connectivity index (χ3n) is 5.75. The van der Waals surface area contributed by atoms with Gasteiger partial charge in [-0.15, -0.1) is 0 Å². The Bertz CT molecular complexity index is 1360. The SMILES string of the molecule is O=C(CN(c1ccccc1)S(=O)(=O)c1ccccc1)Nc1ccc(S(=O)(=O)N2CCCCC2)cc1. The summed E-state index contributed by atoms with van der Waals surface area (Å²) in [5.74, 6) is -0.556. The van der Waals surface area contributed by atoms with Crippen molar-refractivity contribution in [2.24, 2.45) is 0 Å². The van der Waals surface area contributed by atoms with E-state index in [9.17, 15) is 21.6 Å². The highest BCUT2D eigenvalue weighted by Gasteiger charge is 2.28. The number of piperidine rings is 1. The Balaban J connectivity index is 1.51. The van der Waals surface area contributed by atoms with E-state index in [1.165, 1.54) is 40.7 Å². The smallest absolute Gasteiger partial charge is 0.264 e. The van der Waals surface area contributed by atoms with Crippen LogP contribution in [-0.4, -0.2) is 46.7 Å². The maximum atomic E-state index is 13.3. The van der Waals surface area contributed by atoms with Crippen LogP contribution in [0.1, 0.15) is 19.3 Å². The van der Waals surface area contributed by atoms with E-state index in [1.54, 1.807) is 48.5 Å². The highest BCUT2D eigenvalue weighted by molar-refractivity contribution is 7.92. The molecule has 1 N–H and O–H groups in total. The van der Waals surface area contributed by atoms with Crippen molar-refractivity contribution in [1.29, 1.82) is 0 Å². The van der Waals surface area contributed by atoms with E-state index in [-0.39, 0.29) is 9.79 Å². The van der Waals surface area contributed by atoms with E-state index < -0.39 is 32.5 Å². The first-order chi connectivity index (χ1) is 16.8. The van der Waals surface area contributed by atoms with Gasteiger partial charge in [0.15, 0.2) is 0 Å². The van der Waals surface area contributed by atoms with Gasteiger partial charge in [0.1, 0.15) is 6.54 Å². The summed E-state index contributed by atoms with van der Waals surface area (Å²) >= 11 is 0. The summed E-state index contributed by atoms with van der Waals surface area (Å²) in [4.78, 5) is 13.1. The summed E-state index contributed by atoms with van der Waals surface area (Å²) < 4.78 is 54.8. The first-order valence-electron chi connectivity index (χ1n) is 11.3. The second-order valence-electron chi connectivity index (χ2n) is 8.20. The molecule has 184 valence electrons. The van der Waals surface area contributed by atoms with Crippen molar-refractivity contribution in [3.63, 3.8) is 0 Å². The van der Waals surface area contributed by atoms with Gasteiger partial charge in [-0.25, -0.2) is 16.8 Å². The Morgan fingerprint density at radius 1 is 0.743 bits per heavy atom. The molecule has 1 saturated heterocycles. The molecule has 3 aromatic rings. The van der Waals surface area contributed by atoms with E-state index in [4.69, 9.17) is 0 Å². The van der Waals surface area contributed by atoms with Gasteiger partial charge in [0.2, 0.25) is 15.9 Å². The minimum atomic E-state index is -3.99. The number of para-hydroxylation sites is 1. The Labute approximate surface area is 206 Å². The van der Waals surface area contributed by atoms with Crippen LogP contribution in [0.3, 0.4) is 0 Å². The van der Waals surface area contributed by atoms with E-state index in [2.05, 4.69) is 5.32 Å². The van der Waals surface area contributed by atoms with E-state index in [1.807, 2.05) is 0 Å². The molecule has 0 saturated carbocycles. The Hall–Kier alpha value is -3.21. The van der Waals surface area contributed by atoms with Crippen molar-refractivity contribution >= 4 is 37.3 Å². The highest BCUT2D eigenvalue weighted by Crippen LogP contribution is 2.24. The number of nitrogens with zero attached hydrogens (tertiary/aromatic N) is 2. The molecule has 4 rings (SSSR count). The lowest BCUT2D eigenvalue weighted by Crippen LogP contribution is -2.38. The molecule has 1 amide bonds. The molecule has 0 bridgehead atoms. The summed E-state index contributed by atoms with van der Waals surface area (Å²) in [6, 6.07) is 22.2. The lowest BCUT2D eigenvalue weighted by atomic mass is 10.2. The third-order valence-corrected chi connectivity index (χ3v) is 9.45. The number of amides is 1. The Morgan fingerprint density at radius 3 is 1.91 bits per heavy atom. The summed E-state index contributed by atoms with van der Waals surface area (Å²) in [5, 5.41) is 2.67. The van der Waals surface area contributed by atoms with Crippen molar-refractivity contribution in [3.05, 3.63) is 84.9 Å². The first kappa shape index (κ1) is 24.9. The number of benzene rings is 3. The lowest BCUT2D eigenvalue weighted by molar-refractivity contribution is -0.114. The fourth-order valence-electron chi connectivity index (χ4n) is 3.92. The van der Waals surface area contributed by atoms with Gasteiger partial charge in [0.25, 0.3) is 10.0 Å². The van der Waals surface area contributed by atoms with Crippen molar-refractivity contribution in [1.82, 2.24) is 4.31 Å². The summed E-state index contributed by atoms with van der Waals surface area (Å²) in [5.41, 5.74) is 0.729. The monoisotopic (exact) mass is 513 g/mol. The number of anilines is 2. The molecule has 0 unspecified atom stereocenters. The van der Waals surface area contributed by atoms with Gasteiger partial charge in [-0.05, 0) is 61.4 Å². The van der Waals surface area contributed by atoms with Crippen LogP contribution in [-0.2, 0) is 24.8 Å². The molecular weight excluding hydrogens is 486 g/mol. The normalized spacial score (nSPS) is 14.9. The van der Waals surface area contributed by atoms with Crippen molar-refractivity contribution < 1.29 is 21.6 Å². The van der Waals surface area contributed by atoms with Gasteiger partial charge in [-0.3, -0.25) is 9.10 Å². The minimum Gasteiger partial charge on any atom is -0.325 e. The molecular formula is C25H27N3O5S2. The molecule has 0 atom stereocenters. The van der Waals surface area contributed by atoms with Crippen molar-refractivity contribution in [2.75, 3.05) is 29.3 Å². The standard InChI is InChI=1S/C25H27N3O5S2/c29-25(26-21-14-16-24(17-15-21)34(30,31)27-18-8-3-9-19-27)20-28(22-10-4-1-5-11-22)35(32,33)23-12-6-2-7-13-23/h1-2,4-7,10-17H,3,8-9,18-20H2,(H,26,29). The van der Waals surface area contributed by atoms with E-state index in [0.717, 1.165) is 23.6 Å². The summed E-state index contributed by atoms with van der Waals surface area (Å²) in [6.07, 6.45) is 2.71. The zero-order chi connectivity index (χ0) is 24.9. The highest BCUT2D eigenvalue weighted by atomic mass is 32.2. The number of carbonyl (C=O) groups excluding carboxylic acids is 1. The minimum absolute atomic E-state index is 0.0731. The molecule has 0 aromatic heterocycles.